The van der Waals surface area contributed by atoms with Gasteiger partial charge in [0.1, 0.15) is 11.9 Å². The smallest absolute Gasteiger partial charge is 0.164 e. The molecule has 2 aromatic rings. The molecule has 1 atom stereocenters. The minimum absolute atomic E-state index is 0.278. The van der Waals surface area contributed by atoms with E-state index in [1.165, 1.54) is 0 Å². The van der Waals surface area contributed by atoms with E-state index < -0.39 is 0 Å². The molecule has 5 heteroatoms. The van der Waals surface area contributed by atoms with Gasteiger partial charge in [-0.25, -0.2) is 15.8 Å². The van der Waals surface area contributed by atoms with Crippen molar-refractivity contribution in [3.05, 3.63) is 53.5 Å². The van der Waals surface area contributed by atoms with Gasteiger partial charge in [-0.2, -0.15) is 0 Å². The molecule has 0 saturated carbocycles. The summed E-state index contributed by atoms with van der Waals surface area (Å²) in [5.41, 5.74) is 4.61. The van der Waals surface area contributed by atoms with E-state index in [4.69, 9.17) is 10.6 Å². The number of hydrazine groups is 1. The Morgan fingerprint density at radius 2 is 1.95 bits per heavy atom. The molecule has 3 N–H and O–H groups in total. The Morgan fingerprint density at radius 1 is 1.19 bits per heavy atom. The first kappa shape index (κ1) is 15.4. The zero-order valence-corrected chi connectivity index (χ0v) is 12.5. The molecule has 1 aromatic carbocycles. The molecule has 1 unspecified atom stereocenters. The van der Waals surface area contributed by atoms with Crippen LogP contribution in [0.3, 0.4) is 0 Å². The van der Waals surface area contributed by atoms with Gasteiger partial charge in [-0.3, -0.25) is 0 Å². The summed E-state index contributed by atoms with van der Waals surface area (Å²) in [7, 11) is 0. The second-order valence-electron chi connectivity index (χ2n) is 4.74. The fourth-order valence-electron chi connectivity index (χ4n) is 2.21. The van der Waals surface area contributed by atoms with Crippen LogP contribution in [0.25, 0.3) is 0 Å². The average molecular weight is 286 g/mol. The summed E-state index contributed by atoms with van der Waals surface area (Å²) in [6.07, 6.45) is 1.63. The van der Waals surface area contributed by atoms with Gasteiger partial charge in [0.2, 0.25) is 0 Å². The molecule has 1 heterocycles. The minimum Gasteiger partial charge on any atom is -0.366 e. The Morgan fingerprint density at radius 3 is 2.57 bits per heavy atom. The molecule has 0 spiro atoms. The van der Waals surface area contributed by atoms with Gasteiger partial charge in [-0.15, -0.1) is 0 Å². The Balaban J connectivity index is 2.41. The molecule has 0 aliphatic carbocycles. The van der Waals surface area contributed by atoms with Crippen molar-refractivity contribution in [2.75, 3.05) is 12.0 Å². The molecule has 0 aliphatic rings. The van der Waals surface area contributed by atoms with Crippen LogP contribution < -0.4 is 11.3 Å². The number of ether oxygens (including phenoxy) is 1. The van der Waals surface area contributed by atoms with Gasteiger partial charge in [0.05, 0.1) is 0 Å². The van der Waals surface area contributed by atoms with E-state index >= 15 is 0 Å². The first-order valence-corrected chi connectivity index (χ1v) is 7.29. The summed E-state index contributed by atoms with van der Waals surface area (Å²) in [6, 6.07) is 11.9. The summed E-state index contributed by atoms with van der Waals surface area (Å²) < 4.78 is 5.85. The molecule has 1 aromatic heterocycles. The van der Waals surface area contributed by atoms with Crippen LogP contribution in [0, 0.1) is 0 Å². The lowest BCUT2D eigenvalue weighted by molar-refractivity contribution is 0.0850. The van der Waals surface area contributed by atoms with Crippen LogP contribution in [0.2, 0.25) is 0 Å². The lowest BCUT2D eigenvalue weighted by Crippen LogP contribution is -2.16. The Kier molecular flexibility index (Phi) is 5.66. The SMILES string of the molecule is CCCc1cc(NN)nc(C(OCC)c2ccccc2)n1. The Hall–Kier alpha value is -1.98. The normalized spacial score (nSPS) is 12.1. The molecular weight excluding hydrogens is 264 g/mol. The van der Waals surface area contributed by atoms with Gasteiger partial charge in [-0.05, 0) is 18.9 Å². The maximum atomic E-state index is 5.85. The van der Waals surface area contributed by atoms with E-state index in [0.29, 0.717) is 18.2 Å². The molecule has 0 fully saturated rings. The number of rotatable bonds is 7. The largest absolute Gasteiger partial charge is 0.366 e. The van der Waals surface area contributed by atoms with E-state index in [9.17, 15) is 0 Å². The van der Waals surface area contributed by atoms with Crippen molar-refractivity contribution in [3.8, 4) is 0 Å². The van der Waals surface area contributed by atoms with Crippen LogP contribution in [-0.4, -0.2) is 16.6 Å². The standard InChI is InChI=1S/C16H22N4O/c1-3-8-13-11-14(20-17)19-16(18-13)15(21-4-2)12-9-6-5-7-10-12/h5-7,9-11,15H,3-4,8,17H2,1-2H3,(H,18,19,20). The Bertz CT molecular complexity index is 559. The summed E-state index contributed by atoms with van der Waals surface area (Å²) >= 11 is 0. The second kappa shape index (κ2) is 7.71. The molecule has 112 valence electrons. The van der Waals surface area contributed by atoms with Crippen LogP contribution in [0.15, 0.2) is 36.4 Å². The third-order valence-corrected chi connectivity index (χ3v) is 3.12. The minimum atomic E-state index is -0.278. The number of hydrogen-bond acceptors (Lipinski definition) is 5. The summed E-state index contributed by atoms with van der Waals surface area (Å²) in [5, 5.41) is 0. The third-order valence-electron chi connectivity index (χ3n) is 3.12. The number of hydrogen-bond donors (Lipinski definition) is 2. The topological polar surface area (TPSA) is 73.1 Å². The highest BCUT2D eigenvalue weighted by atomic mass is 16.5. The molecule has 0 radical (unpaired) electrons. The quantitative estimate of drug-likeness (QED) is 0.605. The third kappa shape index (κ3) is 4.00. The van der Waals surface area contributed by atoms with Gasteiger partial charge >= 0.3 is 0 Å². The van der Waals surface area contributed by atoms with E-state index in [0.717, 1.165) is 24.1 Å². The number of aromatic nitrogens is 2. The van der Waals surface area contributed by atoms with E-state index in [1.54, 1.807) is 0 Å². The van der Waals surface area contributed by atoms with Crippen molar-refractivity contribution in [1.29, 1.82) is 0 Å². The highest BCUT2D eigenvalue weighted by molar-refractivity contribution is 5.36. The van der Waals surface area contributed by atoms with Crippen LogP contribution in [0.5, 0.6) is 0 Å². The summed E-state index contributed by atoms with van der Waals surface area (Å²) in [4.78, 5) is 9.09. The number of benzene rings is 1. The van der Waals surface area contributed by atoms with Gasteiger partial charge in [0.15, 0.2) is 5.82 Å². The van der Waals surface area contributed by atoms with E-state index in [1.807, 2.05) is 43.3 Å². The number of nitrogen functional groups attached to an aromatic ring is 1. The monoisotopic (exact) mass is 286 g/mol. The van der Waals surface area contributed by atoms with Crippen LogP contribution in [0.1, 0.15) is 43.5 Å². The number of nitrogens with zero attached hydrogens (tertiary/aromatic N) is 2. The number of nitrogens with two attached hydrogens (primary N) is 1. The fraction of sp³-hybridized carbons (Fsp3) is 0.375. The molecule has 0 aliphatic heterocycles. The van der Waals surface area contributed by atoms with Gasteiger partial charge in [0.25, 0.3) is 0 Å². The van der Waals surface area contributed by atoms with Crippen molar-refractivity contribution in [2.45, 2.75) is 32.8 Å². The lowest BCUT2D eigenvalue weighted by atomic mass is 10.1. The maximum Gasteiger partial charge on any atom is 0.164 e. The molecular formula is C16H22N4O. The molecule has 2 rings (SSSR count). The highest BCUT2D eigenvalue weighted by Crippen LogP contribution is 2.24. The molecule has 0 saturated heterocycles. The van der Waals surface area contributed by atoms with Crippen molar-refractivity contribution in [2.24, 2.45) is 5.84 Å². The predicted octanol–water partition coefficient (Wildman–Crippen LogP) is 2.84. The van der Waals surface area contributed by atoms with Crippen molar-refractivity contribution >= 4 is 5.82 Å². The predicted molar refractivity (Wildman–Crippen MR) is 83.7 cm³/mol. The van der Waals surface area contributed by atoms with Crippen molar-refractivity contribution in [3.63, 3.8) is 0 Å². The zero-order chi connectivity index (χ0) is 15.1. The lowest BCUT2D eigenvalue weighted by Gasteiger charge is -2.17. The highest BCUT2D eigenvalue weighted by Gasteiger charge is 2.18. The van der Waals surface area contributed by atoms with Crippen LogP contribution in [-0.2, 0) is 11.2 Å². The molecule has 21 heavy (non-hydrogen) atoms. The number of aryl methyl sites for hydroxylation is 1. The van der Waals surface area contributed by atoms with E-state index in [2.05, 4.69) is 22.3 Å². The van der Waals surface area contributed by atoms with Crippen molar-refractivity contribution < 1.29 is 4.74 Å². The molecule has 0 amide bonds. The van der Waals surface area contributed by atoms with Crippen LogP contribution in [0.4, 0.5) is 5.82 Å². The Labute approximate surface area is 125 Å². The van der Waals surface area contributed by atoms with Gasteiger partial charge in [-0.1, -0.05) is 43.7 Å². The summed E-state index contributed by atoms with van der Waals surface area (Å²) in [5.74, 6) is 6.77. The van der Waals surface area contributed by atoms with Gasteiger partial charge in [0, 0.05) is 18.4 Å². The first-order valence-electron chi connectivity index (χ1n) is 7.29. The van der Waals surface area contributed by atoms with Crippen molar-refractivity contribution in [1.82, 2.24) is 9.97 Å². The maximum absolute atomic E-state index is 5.85. The second-order valence-corrected chi connectivity index (χ2v) is 4.74. The summed E-state index contributed by atoms with van der Waals surface area (Å²) in [6.45, 7) is 4.68. The van der Waals surface area contributed by atoms with Gasteiger partial charge < -0.3 is 10.2 Å². The molecule has 0 bridgehead atoms. The zero-order valence-electron chi connectivity index (χ0n) is 12.5. The average Bonchev–Trinajstić information content (AvgIpc) is 2.53. The van der Waals surface area contributed by atoms with E-state index in [-0.39, 0.29) is 6.10 Å². The number of anilines is 1. The molecule has 5 nitrogen and oxygen atoms in total. The number of nitrogens with one attached hydrogen (secondary N) is 1. The first-order chi connectivity index (χ1) is 10.3. The van der Waals surface area contributed by atoms with Crippen LogP contribution >= 0.6 is 0 Å². The fourth-order valence-corrected chi connectivity index (χ4v) is 2.21.